The molecular formula is C21H16ClFN2O4. The van der Waals surface area contributed by atoms with Crippen LogP contribution in [0.1, 0.15) is 12.1 Å². The molecule has 1 aliphatic heterocycles. The number of carbonyl (C=O) groups excluding carboxylic acids is 2. The molecule has 8 heteroatoms. The van der Waals surface area contributed by atoms with E-state index in [1.165, 1.54) is 29.2 Å². The zero-order chi connectivity index (χ0) is 20.4. The number of esters is 1. The number of halogens is 2. The van der Waals surface area contributed by atoms with Gasteiger partial charge in [-0.15, -0.1) is 0 Å². The molecule has 2 aromatic carbocycles. The van der Waals surface area contributed by atoms with Gasteiger partial charge in [0.15, 0.2) is 5.76 Å². The first-order valence-corrected chi connectivity index (χ1v) is 9.31. The highest BCUT2D eigenvalue weighted by atomic mass is 35.5. The second-order valence-corrected chi connectivity index (χ2v) is 7.12. The van der Waals surface area contributed by atoms with Gasteiger partial charge in [-0.25, -0.2) is 4.39 Å². The lowest BCUT2D eigenvalue weighted by Crippen LogP contribution is -2.26. The standard InChI is InChI=1S/C21H16ClFN2O4/c22-15-3-1-13(2-4-15)19-10-17(24-29-19)12-28-21(27)14-9-20(26)25(11-14)18-7-5-16(23)6-8-18/h1-8,10,14H,9,11-12H2. The molecule has 1 aliphatic rings. The Labute approximate surface area is 170 Å². The summed E-state index contributed by atoms with van der Waals surface area (Å²) in [6.45, 7) is 0.134. The van der Waals surface area contributed by atoms with Crippen molar-refractivity contribution in [1.82, 2.24) is 5.16 Å². The van der Waals surface area contributed by atoms with Crippen molar-refractivity contribution < 1.29 is 23.2 Å². The van der Waals surface area contributed by atoms with Gasteiger partial charge in [0.1, 0.15) is 18.1 Å². The van der Waals surface area contributed by atoms with Crippen LogP contribution in [0.2, 0.25) is 5.02 Å². The molecule has 2 heterocycles. The van der Waals surface area contributed by atoms with E-state index in [9.17, 15) is 14.0 Å². The lowest BCUT2D eigenvalue weighted by Gasteiger charge is -2.16. The van der Waals surface area contributed by atoms with E-state index in [0.717, 1.165) is 5.56 Å². The van der Waals surface area contributed by atoms with Crippen molar-refractivity contribution in [1.29, 1.82) is 0 Å². The summed E-state index contributed by atoms with van der Waals surface area (Å²) in [7, 11) is 0. The molecule has 1 unspecified atom stereocenters. The summed E-state index contributed by atoms with van der Waals surface area (Å²) < 4.78 is 23.7. The first kappa shape index (κ1) is 19.1. The second-order valence-electron chi connectivity index (χ2n) is 6.68. The van der Waals surface area contributed by atoms with Crippen LogP contribution in [0.5, 0.6) is 0 Å². The van der Waals surface area contributed by atoms with Crippen LogP contribution in [-0.2, 0) is 20.9 Å². The minimum atomic E-state index is -0.588. The summed E-state index contributed by atoms with van der Waals surface area (Å²) in [6, 6.07) is 14.3. The van der Waals surface area contributed by atoms with Crippen LogP contribution in [0.4, 0.5) is 10.1 Å². The third-order valence-corrected chi connectivity index (χ3v) is 4.90. The number of amides is 1. The van der Waals surface area contributed by atoms with Gasteiger partial charge in [-0.2, -0.15) is 0 Å². The van der Waals surface area contributed by atoms with Crippen LogP contribution < -0.4 is 4.90 Å². The van der Waals surface area contributed by atoms with Crippen molar-refractivity contribution >= 4 is 29.2 Å². The number of anilines is 1. The van der Waals surface area contributed by atoms with Gasteiger partial charge in [0.2, 0.25) is 5.91 Å². The number of carbonyl (C=O) groups is 2. The molecule has 29 heavy (non-hydrogen) atoms. The molecule has 0 spiro atoms. The Hall–Kier alpha value is -3.19. The van der Waals surface area contributed by atoms with E-state index >= 15 is 0 Å². The Balaban J connectivity index is 1.35. The predicted octanol–water partition coefficient (Wildman–Crippen LogP) is 4.23. The molecule has 6 nitrogen and oxygen atoms in total. The van der Waals surface area contributed by atoms with Gasteiger partial charge in [0.05, 0.1) is 5.92 Å². The first-order chi connectivity index (χ1) is 14.0. The third kappa shape index (κ3) is 4.30. The molecule has 3 aromatic rings. The van der Waals surface area contributed by atoms with Crippen molar-refractivity contribution in [2.24, 2.45) is 5.92 Å². The number of benzene rings is 2. The normalized spacial score (nSPS) is 16.3. The molecule has 1 fully saturated rings. The average molecular weight is 415 g/mol. The third-order valence-electron chi connectivity index (χ3n) is 4.65. The van der Waals surface area contributed by atoms with Gasteiger partial charge >= 0.3 is 5.97 Å². The average Bonchev–Trinajstić information content (AvgIpc) is 3.34. The van der Waals surface area contributed by atoms with Crippen LogP contribution in [-0.4, -0.2) is 23.6 Å². The van der Waals surface area contributed by atoms with E-state index in [0.29, 0.717) is 22.2 Å². The molecule has 0 bridgehead atoms. The van der Waals surface area contributed by atoms with Gasteiger partial charge in [-0.1, -0.05) is 16.8 Å². The van der Waals surface area contributed by atoms with Crippen molar-refractivity contribution in [3.05, 3.63) is 71.1 Å². The number of nitrogens with zero attached hydrogens (tertiary/aromatic N) is 2. The number of aromatic nitrogens is 1. The Morgan fingerprint density at radius 1 is 1.21 bits per heavy atom. The fraction of sp³-hybridized carbons (Fsp3) is 0.190. The maximum atomic E-state index is 13.1. The molecule has 0 radical (unpaired) electrons. The quantitative estimate of drug-likeness (QED) is 0.584. The van der Waals surface area contributed by atoms with E-state index in [1.807, 2.05) is 0 Å². The summed E-state index contributed by atoms with van der Waals surface area (Å²) in [5.74, 6) is -1.13. The molecule has 0 saturated carbocycles. The monoisotopic (exact) mass is 414 g/mol. The van der Waals surface area contributed by atoms with Crippen LogP contribution in [0.25, 0.3) is 11.3 Å². The van der Waals surface area contributed by atoms with E-state index in [-0.39, 0.29) is 31.3 Å². The van der Waals surface area contributed by atoms with Gasteiger partial charge in [0, 0.05) is 35.3 Å². The molecule has 4 rings (SSSR count). The van der Waals surface area contributed by atoms with Crippen molar-refractivity contribution in [3.63, 3.8) is 0 Å². The van der Waals surface area contributed by atoms with Gasteiger partial charge in [0.25, 0.3) is 0 Å². The van der Waals surface area contributed by atoms with Crippen molar-refractivity contribution in [2.45, 2.75) is 13.0 Å². The van der Waals surface area contributed by atoms with Crippen LogP contribution in [0.3, 0.4) is 0 Å². The number of ether oxygens (including phenoxy) is 1. The zero-order valence-corrected chi connectivity index (χ0v) is 15.9. The minimum absolute atomic E-state index is 0.0467. The number of hydrogen-bond donors (Lipinski definition) is 0. The predicted molar refractivity (Wildman–Crippen MR) is 104 cm³/mol. The summed E-state index contributed by atoms with van der Waals surface area (Å²) in [4.78, 5) is 26.1. The Kier molecular flexibility index (Phi) is 5.31. The fourth-order valence-electron chi connectivity index (χ4n) is 3.13. The Morgan fingerprint density at radius 3 is 2.66 bits per heavy atom. The highest BCUT2D eigenvalue weighted by Gasteiger charge is 2.36. The first-order valence-electron chi connectivity index (χ1n) is 8.94. The molecule has 1 atom stereocenters. The van der Waals surface area contributed by atoms with E-state index in [2.05, 4.69) is 5.16 Å². The van der Waals surface area contributed by atoms with E-state index in [4.69, 9.17) is 20.9 Å². The molecule has 148 valence electrons. The lowest BCUT2D eigenvalue weighted by molar-refractivity contribution is -0.149. The van der Waals surface area contributed by atoms with Crippen LogP contribution in [0.15, 0.2) is 59.1 Å². The summed E-state index contributed by atoms with van der Waals surface area (Å²) in [6.07, 6.45) is 0.0467. The largest absolute Gasteiger partial charge is 0.459 e. The summed E-state index contributed by atoms with van der Waals surface area (Å²) in [5, 5.41) is 4.52. The number of hydrogen-bond acceptors (Lipinski definition) is 5. The smallest absolute Gasteiger partial charge is 0.311 e. The van der Waals surface area contributed by atoms with E-state index in [1.54, 1.807) is 30.3 Å². The van der Waals surface area contributed by atoms with Crippen molar-refractivity contribution in [2.75, 3.05) is 11.4 Å². The Bertz CT molecular complexity index is 1030. The van der Waals surface area contributed by atoms with Crippen LogP contribution in [0, 0.1) is 11.7 Å². The molecule has 1 saturated heterocycles. The SMILES string of the molecule is O=C(OCc1cc(-c2ccc(Cl)cc2)on1)C1CC(=O)N(c2ccc(F)cc2)C1. The van der Waals surface area contributed by atoms with Crippen LogP contribution >= 0.6 is 11.6 Å². The Morgan fingerprint density at radius 2 is 1.93 bits per heavy atom. The number of rotatable bonds is 5. The summed E-state index contributed by atoms with van der Waals surface area (Å²) in [5.41, 5.74) is 1.81. The van der Waals surface area contributed by atoms with E-state index < -0.39 is 11.9 Å². The van der Waals surface area contributed by atoms with Gasteiger partial charge in [-0.3, -0.25) is 9.59 Å². The minimum Gasteiger partial charge on any atom is -0.459 e. The lowest BCUT2D eigenvalue weighted by atomic mass is 10.1. The molecule has 1 amide bonds. The highest BCUT2D eigenvalue weighted by molar-refractivity contribution is 6.30. The maximum absolute atomic E-state index is 13.1. The molecule has 1 aromatic heterocycles. The molecule has 0 aliphatic carbocycles. The topological polar surface area (TPSA) is 72.6 Å². The molecular weight excluding hydrogens is 399 g/mol. The second kappa shape index (κ2) is 8.05. The fourth-order valence-corrected chi connectivity index (χ4v) is 3.25. The van der Waals surface area contributed by atoms with Gasteiger partial charge < -0.3 is 14.2 Å². The summed E-state index contributed by atoms with van der Waals surface area (Å²) >= 11 is 5.87. The maximum Gasteiger partial charge on any atom is 0.311 e. The van der Waals surface area contributed by atoms with Gasteiger partial charge in [-0.05, 0) is 48.5 Å². The van der Waals surface area contributed by atoms with Crippen molar-refractivity contribution in [3.8, 4) is 11.3 Å². The molecule has 0 N–H and O–H groups in total. The zero-order valence-electron chi connectivity index (χ0n) is 15.2. The highest BCUT2D eigenvalue weighted by Crippen LogP contribution is 2.27.